The molecule has 1 amide bonds. The molecule has 0 bridgehead atoms. The number of benzene rings is 1. The van der Waals surface area contributed by atoms with Crippen molar-refractivity contribution < 1.29 is 4.79 Å². The molecule has 1 heterocycles. The van der Waals surface area contributed by atoms with E-state index in [0.717, 1.165) is 19.5 Å². The van der Waals surface area contributed by atoms with Gasteiger partial charge < -0.3 is 10.6 Å². The topological polar surface area (TPSA) is 41.1 Å². The van der Waals surface area contributed by atoms with Gasteiger partial charge in [0.1, 0.15) is 0 Å². The van der Waals surface area contributed by atoms with E-state index >= 15 is 0 Å². The number of rotatable bonds is 5. The maximum atomic E-state index is 11.8. The van der Waals surface area contributed by atoms with Crippen molar-refractivity contribution >= 4 is 5.91 Å². The van der Waals surface area contributed by atoms with Gasteiger partial charge in [-0.2, -0.15) is 0 Å². The second-order valence-electron chi connectivity index (χ2n) is 5.44. The lowest BCUT2D eigenvalue weighted by molar-refractivity contribution is -0.121. The van der Waals surface area contributed by atoms with Crippen LogP contribution in [0.1, 0.15) is 36.8 Å². The van der Waals surface area contributed by atoms with Crippen LogP contribution in [-0.4, -0.2) is 25.0 Å². The summed E-state index contributed by atoms with van der Waals surface area (Å²) in [6.07, 6.45) is 5.12. The summed E-state index contributed by atoms with van der Waals surface area (Å²) in [6.45, 7) is 3.94. The summed E-state index contributed by atoms with van der Waals surface area (Å²) in [6, 6.07) is 8.84. The van der Waals surface area contributed by atoms with Gasteiger partial charge in [-0.05, 0) is 38.3 Å². The summed E-state index contributed by atoms with van der Waals surface area (Å²) in [4.78, 5) is 11.8. The van der Waals surface area contributed by atoms with Gasteiger partial charge >= 0.3 is 0 Å². The first kappa shape index (κ1) is 14.1. The van der Waals surface area contributed by atoms with E-state index in [1.165, 1.54) is 30.4 Å². The van der Waals surface area contributed by atoms with Gasteiger partial charge in [-0.3, -0.25) is 4.79 Å². The highest BCUT2D eigenvalue weighted by atomic mass is 16.1. The Morgan fingerprint density at radius 3 is 3.05 bits per heavy atom. The molecule has 3 nitrogen and oxygen atoms in total. The van der Waals surface area contributed by atoms with Gasteiger partial charge in [0.2, 0.25) is 5.91 Å². The minimum atomic E-state index is 0.161. The van der Waals surface area contributed by atoms with Crippen LogP contribution in [0.3, 0.4) is 0 Å². The van der Waals surface area contributed by atoms with Gasteiger partial charge in [0, 0.05) is 19.0 Å². The summed E-state index contributed by atoms with van der Waals surface area (Å²) < 4.78 is 0. The smallest absolute Gasteiger partial charge is 0.220 e. The Morgan fingerprint density at radius 1 is 1.42 bits per heavy atom. The van der Waals surface area contributed by atoms with Crippen molar-refractivity contribution in [3.05, 3.63) is 35.4 Å². The Labute approximate surface area is 115 Å². The zero-order valence-electron chi connectivity index (χ0n) is 11.7. The number of piperidine rings is 1. The van der Waals surface area contributed by atoms with E-state index in [1.54, 1.807) is 0 Å². The van der Waals surface area contributed by atoms with Gasteiger partial charge in [0.15, 0.2) is 0 Å². The van der Waals surface area contributed by atoms with Gasteiger partial charge in [-0.15, -0.1) is 0 Å². The fourth-order valence-corrected chi connectivity index (χ4v) is 2.55. The van der Waals surface area contributed by atoms with Crippen molar-refractivity contribution in [2.24, 2.45) is 0 Å². The number of carbonyl (C=O) groups is 1. The van der Waals surface area contributed by atoms with E-state index < -0.39 is 0 Å². The second kappa shape index (κ2) is 7.29. The Morgan fingerprint density at radius 2 is 2.32 bits per heavy atom. The molecule has 0 aliphatic carbocycles. The molecule has 1 aromatic rings. The predicted molar refractivity (Wildman–Crippen MR) is 78.2 cm³/mol. The van der Waals surface area contributed by atoms with Crippen LogP contribution in [0, 0.1) is 6.92 Å². The Bertz CT molecular complexity index is 411. The SMILES string of the molecule is Cc1cccc(CCC(=O)NCC2CCCCN2)c1. The molecule has 1 aliphatic rings. The van der Waals surface area contributed by atoms with Gasteiger partial charge in [0.25, 0.3) is 0 Å². The van der Waals surface area contributed by atoms with E-state index in [1.807, 2.05) is 0 Å². The number of carbonyl (C=O) groups excluding carboxylic acids is 1. The van der Waals surface area contributed by atoms with Crippen molar-refractivity contribution in [2.75, 3.05) is 13.1 Å². The summed E-state index contributed by atoms with van der Waals surface area (Å²) in [5.41, 5.74) is 2.50. The highest BCUT2D eigenvalue weighted by Gasteiger charge is 2.13. The Kier molecular flexibility index (Phi) is 5.40. The average Bonchev–Trinajstić information content (AvgIpc) is 2.44. The molecule has 1 aliphatic heterocycles. The number of hydrogen-bond donors (Lipinski definition) is 2. The van der Waals surface area contributed by atoms with Crippen molar-refractivity contribution in [1.29, 1.82) is 0 Å². The Balaban J connectivity index is 1.66. The number of aryl methyl sites for hydroxylation is 2. The highest BCUT2D eigenvalue weighted by Crippen LogP contribution is 2.07. The maximum absolute atomic E-state index is 11.8. The molecule has 1 fully saturated rings. The largest absolute Gasteiger partial charge is 0.355 e. The summed E-state index contributed by atoms with van der Waals surface area (Å²) in [5, 5.41) is 6.48. The predicted octanol–water partition coefficient (Wildman–Crippen LogP) is 2.19. The first-order valence-corrected chi connectivity index (χ1v) is 7.29. The van der Waals surface area contributed by atoms with Crippen molar-refractivity contribution in [1.82, 2.24) is 10.6 Å². The van der Waals surface area contributed by atoms with Crippen LogP contribution in [0.25, 0.3) is 0 Å². The van der Waals surface area contributed by atoms with E-state index in [9.17, 15) is 4.79 Å². The van der Waals surface area contributed by atoms with E-state index in [2.05, 4.69) is 41.8 Å². The number of amides is 1. The van der Waals surface area contributed by atoms with Crippen LogP contribution in [0.2, 0.25) is 0 Å². The molecule has 0 saturated carbocycles. The van der Waals surface area contributed by atoms with Crippen LogP contribution in [0.15, 0.2) is 24.3 Å². The quantitative estimate of drug-likeness (QED) is 0.852. The Hall–Kier alpha value is -1.35. The van der Waals surface area contributed by atoms with Crippen LogP contribution < -0.4 is 10.6 Å². The monoisotopic (exact) mass is 260 g/mol. The minimum absolute atomic E-state index is 0.161. The van der Waals surface area contributed by atoms with Crippen molar-refractivity contribution in [3.8, 4) is 0 Å². The third-order valence-corrected chi connectivity index (χ3v) is 3.68. The van der Waals surface area contributed by atoms with Crippen LogP contribution in [0.5, 0.6) is 0 Å². The third-order valence-electron chi connectivity index (χ3n) is 3.68. The summed E-state index contributed by atoms with van der Waals surface area (Å²) in [5.74, 6) is 0.161. The van der Waals surface area contributed by atoms with E-state index in [-0.39, 0.29) is 5.91 Å². The van der Waals surface area contributed by atoms with Crippen LogP contribution >= 0.6 is 0 Å². The van der Waals surface area contributed by atoms with Crippen LogP contribution in [-0.2, 0) is 11.2 Å². The molecule has 104 valence electrons. The highest BCUT2D eigenvalue weighted by molar-refractivity contribution is 5.76. The summed E-state index contributed by atoms with van der Waals surface area (Å²) >= 11 is 0. The molecule has 2 rings (SSSR count). The molecule has 0 aromatic heterocycles. The zero-order chi connectivity index (χ0) is 13.5. The summed E-state index contributed by atoms with van der Waals surface area (Å²) in [7, 11) is 0. The van der Waals surface area contributed by atoms with E-state index in [0.29, 0.717) is 12.5 Å². The maximum Gasteiger partial charge on any atom is 0.220 e. The third kappa shape index (κ3) is 5.03. The van der Waals surface area contributed by atoms with E-state index in [4.69, 9.17) is 0 Å². The lowest BCUT2D eigenvalue weighted by Crippen LogP contribution is -2.43. The normalized spacial score (nSPS) is 19.1. The second-order valence-corrected chi connectivity index (χ2v) is 5.44. The molecule has 2 N–H and O–H groups in total. The first-order chi connectivity index (χ1) is 9.24. The zero-order valence-corrected chi connectivity index (χ0v) is 11.7. The fraction of sp³-hybridized carbons (Fsp3) is 0.562. The van der Waals surface area contributed by atoms with Crippen molar-refractivity contribution in [3.63, 3.8) is 0 Å². The molecule has 19 heavy (non-hydrogen) atoms. The van der Waals surface area contributed by atoms with Crippen LogP contribution in [0.4, 0.5) is 0 Å². The molecule has 0 spiro atoms. The molecule has 1 unspecified atom stereocenters. The first-order valence-electron chi connectivity index (χ1n) is 7.29. The standard InChI is InChI=1S/C16H24N2O/c1-13-5-4-6-14(11-13)8-9-16(19)18-12-15-7-2-3-10-17-15/h4-6,11,15,17H,2-3,7-10,12H2,1H3,(H,18,19). The minimum Gasteiger partial charge on any atom is -0.355 e. The molecule has 3 heteroatoms. The molecular weight excluding hydrogens is 236 g/mol. The molecule has 1 aromatic carbocycles. The molecular formula is C16H24N2O. The lowest BCUT2D eigenvalue weighted by atomic mass is 10.0. The average molecular weight is 260 g/mol. The lowest BCUT2D eigenvalue weighted by Gasteiger charge is -2.23. The molecule has 1 atom stereocenters. The number of hydrogen-bond acceptors (Lipinski definition) is 2. The van der Waals surface area contributed by atoms with Gasteiger partial charge in [-0.1, -0.05) is 36.2 Å². The van der Waals surface area contributed by atoms with Gasteiger partial charge in [0.05, 0.1) is 0 Å². The molecule has 0 radical (unpaired) electrons. The molecule has 1 saturated heterocycles. The van der Waals surface area contributed by atoms with Gasteiger partial charge in [-0.25, -0.2) is 0 Å². The number of nitrogens with one attached hydrogen (secondary N) is 2. The van der Waals surface area contributed by atoms with Crippen molar-refractivity contribution in [2.45, 2.75) is 45.1 Å². The fourth-order valence-electron chi connectivity index (χ4n) is 2.55.